The molecule has 12 heteroatoms. The van der Waals surface area contributed by atoms with E-state index >= 15 is 0 Å². The molecule has 0 spiro atoms. The topological polar surface area (TPSA) is 149 Å². The SMILES string of the molecule is CCCCCCC(CCCC)C(=O)OCCCCC(=O)OCC(COC(=O)CCCCOC(=O)C(CCCC)CCCCCC)COS(C)(=O)=O. The highest BCUT2D eigenvalue weighted by Gasteiger charge is 2.21. The van der Waals surface area contributed by atoms with Gasteiger partial charge in [0.15, 0.2) is 0 Å². The first-order valence-corrected chi connectivity index (χ1v) is 21.8. The number of rotatable bonds is 35. The Kier molecular flexibility index (Phi) is 31.0. The standard InChI is InChI=1S/C39H72O11S/c1-6-10-14-16-24-34(22-12-8-3)38(42)46-28-20-18-26-36(40)48-30-33(32-50-51(5,44)45)31-49-37(41)27-19-21-29-47-39(43)35(23-13-9-4)25-17-15-11-7-2/h33-35H,6-32H2,1-5H3. The van der Waals surface area contributed by atoms with Gasteiger partial charge in [0, 0.05) is 12.8 Å². The third-order valence-corrected chi connectivity index (χ3v) is 9.37. The Morgan fingerprint density at radius 3 is 1.24 bits per heavy atom. The molecular weight excluding hydrogens is 676 g/mol. The van der Waals surface area contributed by atoms with Crippen molar-refractivity contribution in [2.45, 2.75) is 169 Å². The molecule has 0 fully saturated rings. The summed E-state index contributed by atoms with van der Waals surface area (Å²) in [6.07, 6.45) is 19.5. The predicted molar refractivity (Wildman–Crippen MR) is 199 cm³/mol. The van der Waals surface area contributed by atoms with Crippen molar-refractivity contribution >= 4 is 34.0 Å². The Bertz CT molecular complexity index is 953. The van der Waals surface area contributed by atoms with Gasteiger partial charge in [0.25, 0.3) is 10.1 Å². The van der Waals surface area contributed by atoms with Crippen molar-refractivity contribution in [3.05, 3.63) is 0 Å². The number of carbonyl (C=O) groups is 4. The maximum absolute atomic E-state index is 12.6. The summed E-state index contributed by atoms with van der Waals surface area (Å²) < 4.78 is 49.7. The third-order valence-electron chi connectivity index (χ3n) is 8.81. The highest BCUT2D eigenvalue weighted by Crippen LogP contribution is 2.21. The Hall–Kier alpha value is -2.21. The van der Waals surface area contributed by atoms with Crippen LogP contribution in [-0.2, 0) is 52.4 Å². The molecule has 0 aliphatic carbocycles. The highest BCUT2D eigenvalue weighted by atomic mass is 32.2. The van der Waals surface area contributed by atoms with E-state index in [1.807, 2.05) is 0 Å². The van der Waals surface area contributed by atoms with Gasteiger partial charge < -0.3 is 18.9 Å². The second-order valence-electron chi connectivity index (χ2n) is 13.8. The van der Waals surface area contributed by atoms with Crippen molar-refractivity contribution in [2.24, 2.45) is 17.8 Å². The fraction of sp³-hybridized carbons (Fsp3) is 0.897. The number of esters is 4. The minimum atomic E-state index is -3.75. The molecule has 300 valence electrons. The lowest BCUT2D eigenvalue weighted by atomic mass is 9.95. The summed E-state index contributed by atoms with van der Waals surface area (Å²) >= 11 is 0. The number of hydrogen-bond acceptors (Lipinski definition) is 11. The first kappa shape index (κ1) is 48.8. The van der Waals surface area contributed by atoms with Crippen LogP contribution in [-0.4, -0.2) is 71.6 Å². The fourth-order valence-corrected chi connectivity index (χ4v) is 5.99. The van der Waals surface area contributed by atoms with Crippen LogP contribution in [0.5, 0.6) is 0 Å². The van der Waals surface area contributed by atoms with Crippen molar-refractivity contribution in [3.8, 4) is 0 Å². The second-order valence-corrected chi connectivity index (χ2v) is 15.5. The molecule has 0 amide bonds. The van der Waals surface area contributed by atoms with E-state index in [9.17, 15) is 27.6 Å². The van der Waals surface area contributed by atoms with Gasteiger partial charge in [-0.2, -0.15) is 8.42 Å². The zero-order chi connectivity index (χ0) is 38.2. The molecule has 0 saturated carbocycles. The summed E-state index contributed by atoms with van der Waals surface area (Å²) in [5.41, 5.74) is 0. The Labute approximate surface area is 310 Å². The van der Waals surface area contributed by atoms with E-state index in [0.29, 0.717) is 25.7 Å². The van der Waals surface area contributed by atoms with E-state index in [4.69, 9.17) is 23.1 Å². The Morgan fingerprint density at radius 1 is 0.471 bits per heavy atom. The normalized spacial score (nSPS) is 13.3. The molecule has 0 heterocycles. The van der Waals surface area contributed by atoms with Crippen LogP contribution in [0.2, 0.25) is 0 Å². The van der Waals surface area contributed by atoms with E-state index < -0.39 is 28.0 Å². The summed E-state index contributed by atoms with van der Waals surface area (Å²) in [5, 5.41) is 0. The molecule has 0 rings (SSSR count). The largest absolute Gasteiger partial charge is 0.465 e. The van der Waals surface area contributed by atoms with E-state index in [0.717, 1.165) is 96.1 Å². The van der Waals surface area contributed by atoms with E-state index in [1.54, 1.807) is 0 Å². The summed E-state index contributed by atoms with van der Waals surface area (Å²) in [6.45, 7) is 8.36. The zero-order valence-corrected chi connectivity index (χ0v) is 33.5. The van der Waals surface area contributed by atoms with Gasteiger partial charge in [0.05, 0.1) is 57.0 Å². The van der Waals surface area contributed by atoms with Crippen LogP contribution < -0.4 is 0 Å². The van der Waals surface area contributed by atoms with Gasteiger partial charge in [-0.15, -0.1) is 0 Å². The van der Waals surface area contributed by atoms with Gasteiger partial charge in [0.2, 0.25) is 0 Å². The van der Waals surface area contributed by atoms with Crippen molar-refractivity contribution < 1.29 is 50.7 Å². The second kappa shape index (κ2) is 32.4. The molecule has 0 aliphatic heterocycles. The van der Waals surface area contributed by atoms with E-state index in [-0.39, 0.29) is 69.7 Å². The van der Waals surface area contributed by atoms with Gasteiger partial charge in [-0.3, -0.25) is 23.4 Å². The van der Waals surface area contributed by atoms with Gasteiger partial charge in [0.1, 0.15) is 0 Å². The molecule has 2 unspecified atom stereocenters. The minimum absolute atomic E-state index is 0.0744. The molecule has 2 atom stereocenters. The first-order chi connectivity index (χ1) is 24.5. The fourth-order valence-electron chi connectivity index (χ4n) is 5.55. The predicted octanol–water partition coefficient (Wildman–Crippen LogP) is 8.65. The molecular formula is C39H72O11S. The van der Waals surface area contributed by atoms with Gasteiger partial charge in [-0.05, 0) is 51.4 Å². The van der Waals surface area contributed by atoms with Crippen molar-refractivity contribution in [1.29, 1.82) is 0 Å². The van der Waals surface area contributed by atoms with Crippen LogP contribution in [0.15, 0.2) is 0 Å². The van der Waals surface area contributed by atoms with E-state index in [2.05, 4.69) is 27.7 Å². The van der Waals surface area contributed by atoms with Gasteiger partial charge in [-0.1, -0.05) is 105 Å². The van der Waals surface area contributed by atoms with Crippen LogP contribution in [0.3, 0.4) is 0 Å². The monoisotopic (exact) mass is 748 g/mol. The molecule has 0 radical (unpaired) electrons. The van der Waals surface area contributed by atoms with Gasteiger partial charge in [-0.25, -0.2) is 0 Å². The van der Waals surface area contributed by atoms with Gasteiger partial charge >= 0.3 is 23.9 Å². The number of hydrogen-bond donors (Lipinski definition) is 0. The number of ether oxygens (including phenoxy) is 4. The molecule has 0 N–H and O–H groups in total. The smallest absolute Gasteiger partial charge is 0.308 e. The Balaban J connectivity index is 4.51. The highest BCUT2D eigenvalue weighted by molar-refractivity contribution is 7.85. The van der Waals surface area contributed by atoms with Crippen molar-refractivity contribution in [1.82, 2.24) is 0 Å². The molecule has 0 aliphatic rings. The molecule has 0 aromatic heterocycles. The number of carbonyl (C=O) groups excluding carboxylic acids is 4. The van der Waals surface area contributed by atoms with Crippen molar-refractivity contribution in [3.63, 3.8) is 0 Å². The molecule has 0 aromatic rings. The lowest BCUT2D eigenvalue weighted by molar-refractivity contribution is -0.150. The molecule has 0 bridgehead atoms. The molecule has 0 aromatic carbocycles. The summed E-state index contributed by atoms with van der Waals surface area (Å²) in [5.74, 6) is -2.11. The van der Waals surface area contributed by atoms with Crippen LogP contribution in [0.25, 0.3) is 0 Å². The Morgan fingerprint density at radius 2 is 0.863 bits per heavy atom. The van der Waals surface area contributed by atoms with Crippen LogP contribution >= 0.6 is 0 Å². The summed E-state index contributed by atoms with van der Waals surface area (Å²) in [7, 11) is -3.75. The maximum Gasteiger partial charge on any atom is 0.308 e. The molecule has 0 saturated heterocycles. The van der Waals surface area contributed by atoms with Crippen LogP contribution in [0.1, 0.15) is 169 Å². The molecule has 51 heavy (non-hydrogen) atoms. The van der Waals surface area contributed by atoms with E-state index in [1.165, 1.54) is 12.8 Å². The van der Waals surface area contributed by atoms with Crippen LogP contribution in [0, 0.1) is 17.8 Å². The molecule has 11 nitrogen and oxygen atoms in total. The average Bonchev–Trinajstić information content (AvgIpc) is 3.09. The maximum atomic E-state index is 12.6. The lowest BCUT2D eigenvalue weighted by Crippen LogP contribution is -2.26. The minimum Gasteiger partial charge on any atom is -0.465 e. The first-order valence-electron chi connectivity index (χ1n) is 20.0. The van der Waals surface area contributed by atoms with Crippen molar-refractivity contribution in [2.75, 3.05) is 39.3 Å². The van der Waals surface area contributed by atoms with Crippen LogP contribution in [0.4, 0.5) is 0 Å². The summed E-state index contributed by atoms with van der Waals surface area (Å²) in [4.78, 5) is 50.0. The summed E-state index contributed by atoms with van der Waals surface area (Å²) in [6, 6.07) is 0. The lowest BCUT2D eigenvalue weighted by Gasteiger charge is -2.17. The number of unbranched alkanes of at least 4 members (excludes halogenated alkanes) is 10. The quantitative estimate of drug-likeness (QED) is 0.0265. The third kappa shape index (κ3) is 30.0. The zero-order valence-electron chi connectivity index (χ0n) is 32.7. The average molecular weight is 749 g/mol.